The van der Waals surface area contributed by atoms with Gasteiger partial charge in [-0.15, -0.1) is 11.3 Å². The molecule has 0 aliphatic heterocycles. The van der Waals surface area contributed by atoms with Crippen LogP contribution < -0.4 is 5.32 Å². The fourth-order valence-electron chi connectivity index (χ4n) is 3.35. The number of rotatable bonds is 8. The fourth-order valence-corrected chi connectivity index (χ4v) is 4.64. The Morgan fingerprint density at radius 2 is 1.83 bits per heavy atom. The molecule has 0 bridgehead atoms. The number of anilines is 1. The number of hydrogen-bond donors (Lipinski definition) is 1. The molecule has 1 heterocycles. The van der Waals surface area contributed by atoms with Crippen molar-refractivity contribution in [2.24, 2.45) is 0 Å². The predicted octanol–water partition coefficient (Wildman–Crippen LogP) is 3.92. The highest BCUT2D eigenvalue weighted by Gasteiger charge is 2.27. The molecular formula is C22H25NO5S. The summed E-state index contributed by atoms with van der Waals surface area (Å²) < 4.78 is 10.3. The van der Waals surface area contributed by atoms with E-state index in [4.69, 9.17) is 9.47 Å². The molecule has 2 aromatic rings. The van der Waals surface area contributed by atoms with Crippen LogP contribution in [-0.2, 0) is 38.3 Å². The zero-order valence-electron chi connectivity index (χ0n) is 16.5. The third kappa shape index (κ3) is 5.67. The summed E-state index contributed by atoms with van der Waals surface area (Å²) in [5, 5.41) is 3.22. The van der Waals surface area contributed by atoms with Crippen molar-refractivity contribution >= 4 is 34.2 Å². The van der Waals surface area contributed by atoms with Gasteiger partial charge in [-0.1, -0.05) is 30.3 Å². The van der Waals surface area contributed by atoms with E-state index in [1.807, 2.05) is 30.3 Å². The number of amides is 1. The lowest BCUT2D eigenvalue weighted by molar-refractivity contribution is -0.147. The normalized spacial score (nSPS) is 12.7. The van der Waals surface area contributed by atoms with Crippen LogP contribution in [0.2, 0.25) is 0 Å². The fraction of sp³-hybridized carbons (Fsp3) is 0.409. The summed E-state index contributed by atoms with van der Waals surface area (Å²) in [7, 11) is 0. The van der Waals surface area contributed by atoms with Crippen LogP contribution in [0.15, 0.2) is 30.3 Å². The van der Waals surface area contributed by atoms with E-state index in [1.54, 1.807) is 6.92 Å². The Kier molecular flexibility index (Phi) is 7.41. The lowest BCUT2D eigenvalue weighted by Crippen LogP contribution is -2.22. The molecule has 0 fully saturated rings. The number of aryl methyl sites for hydroxylation is 2. The third-order valence-electron chi connectivity index (χ3n) is 4.73. The molecule has 7 heteroatoms. The minimum absolute atomic E-state index is 0.207. The topological polar surface area (TPSA) is 81.7 Å². The Bertz CT molecular complexity index is 875. The van der Waals surface area contributed by atoms with Gasteiger partial charge in [-0.2, -0.15) is 0 Å². The van der Waals surface area contributed by atoms with Crippen LogP contribution >= 0.6 is 11.3 Å². The molecule has 1 aromatic carbocycles. The molecular weight excluding hydrogens is 390 g/mol. The second-order valence-corrected chi connectivity index (χ2v) is 7.94. The van der Waals surface area contributed by atoms with Gasteiger partial charge in [0.15, 0.2) is 6.61 Å². The van der Waals surface area contributed by atoms with Crippen molar-refractivity contribution in [1.82, 2.24) is 0 Å². The van der Waals surface area contributed by atoms with Crippen molar-refractivity contribution in [3.8, 4) is 0 Å². The lowest BCUT2D eigenvalue weighted by Gasteiger charge is -2.12. The minimum Gasteiger partial charge on any atom is -0.462 e. The van der Waals surface area contributed by atoms with E-state index < -0.39 is 17.8 Å². The predicted molar refractivity (Wildman–Crippen MR) is 111 cm³/mol. The highest BCUT2D eigenvalue weighted by molar-refractivity contribution is 7.17. The van der Waals surface area contributed by atoms with Gasteiger partial charge in [-0.3, -0.25) is 9.59 Å². The molecule has 6 nitrogen and oxygen atoms in total. The quantitative estimate of drug-likeness (QED) is 0.661. The van der Waals surface area contributed by atoms with Crippen LogP contribution in [-0.4, -0.2) is 31.1 Å². The first-order valence-corrected chi connectivity index (χ1v) is 10.7. The Morgan fingerprint density at radius 3 is 2.59 bits per heavy atom. The van der Waals surface area contributed by atoms with E-state index >= 15 is 0 Å². The zero-order chi connectivity index (χ0) is 20.6. The van der Waals surface area contributed by atoms with Crippen molar-refractivity contribution in [2.45, 2.75) is 45.4 Å². The van der Waals surface area contributed by atoms with Gasteiger partial charge in [0.2, 0.25) is 0 Å². The van der Waals surface area contributed by atoms with Crippen LogP contribution in [0.25, 0.3) is 0 Å². The van der Waals surface area contributed by atoms with Crippen LogP contribution in [0, 0.1) is 0 Å². The Labute approximate surface area is 174 Å². The number of benzene rings is 1. The van der Waals surface area contributed by atoms with E-state index in [0.717, 1.165) is 41.7 Å². The molecule has 0 radical (unpaired) electrons. The van der Waals surface area contributed by atoms with Crippen molar-refractivity contribution in [2.75, 3.05) is 18.5 Å². The number of hydrogen-bond acceptors (Lipinski definition) is 6. The average Bonchev–Trinajstić information content (AvgIpc) is 3.09. The van der Waals surface area contributed by atoms with Crippen molar-refractivity contribution < 1.29 is 23.9 Å². The monoisotopic (exact) mass is 415 g/mol. The molecule has 0 saturated carbocycles. The first kappa shape index (κ1) is 21.0. The van der Waals surface area contributed by atoms with Gasteiger partial charge in [0.1, 0.15) is 5.00 Å². The first-order valence-electron chi connectivity index (χ1n) is 9.89. The maximum absolute atomic E-state index is 12.4. The Hall–Kier alpha value is -2.67. The van der Waals surface area contributed by atoms with Gasteiger partial charge in [0.05, 0.1) is 12.2 Å². The molecule has 1 amide bonds. The average molecular weight is 416 g/mol. The minimum atomic E-state index is -0.456. The van der Waals surface area contributed by atoms with Crippen LogP contribution in [0.1, 0.15) is 52.5 Å². The molecule has 3 rings (SSSR count). The molecule has 0 saturated heterocycles. The molecule has 1 aliphatic carbocycles. The molecule has 1 aromatic heterocycles. The summed E-state index contributed by atoms with van der Waals surface area (Å²) in [6.07, 6.45) is 4.57. The SMILES string of the molecule is CCOC(=O)c1c(NC(=O)COC(=O)CCc2ccccc2)sc2c1CCCC2. The van der Waals surface area contributed by atoms with E-state index in [1.165, 1.54) is 11.3 Å². The summed E-state index contributed by atoms with van der Waals surface area (Å²) >= 11 is 1.41. The van der Waals surface area contributed by atoms with E-state index in [2.05, 4.69) is 5.32 Å². The summed E-state index contributed by atoms with van der Waals surface area (Å²) in [4.78, 5) is 37.8. The maximum atomic E-state index is 12.4. The van der Waals surface area contributed by atoms with Crippen molar-refractivity contribution in [3.05, 3.63) is 51.9 Å². The second-order valence-electron chi connectivity index (χ2n) is 6.83. The lowest BCUT2D eigenvalue weighted by atomic mass is 9.95. The van der Waals surface area contributed by atoms with Gasteiger partial charge in [-0.25, -0.2) is 4.79 Å². The molecule has 0 atom stereocenters. The summed E-state index contributed by atoms with van der Waals surface area (Å²) in [6.45, 7) is 1.65. The summed E-state index contributed by atoms with van der Waals surface area (Å²) in [5.74, 6) is -1.30. The maximum Gasteiger partial charge on any atom is 0.341 e. The van der Waals surface area contributed by atoms with Gasteiger partial charge >= 0.3 is 11.9 Å². The van der Waals surface area contributed by atoms with E-state index in [0.29, 0.717) is 17.0 Å². The highest BCUT2D eigenvalue weighted by Crippen LogP contribution is 2.38. The molecule has 0 unspecified atom stereocenters. The zero-order valence-corrected chi connectivity index (χ0v) is 17.3. The van der Waals surface area contributed by atoms with Gasteiger partial charge in [0, 0.05) is 11.3 Å². The molecule has 29 heavy (non-hydrogen) atoms. The first-order chi connectivity index (χ1) is 14.1. The molecule has 1 aliphatic rings. The van der Waals surface area contributed by atoms with Crippen LogP contribution in [0.3, 0.4) is 0 Å². The third-order valence-corrected chi connectivity index (χ3v) is 5.94. The molecule has 0 spiro atoms. The number of carbonyl (C=O) groups excluding carboxylic acids is 3. The Morgan fingerprint density at radius 1 is 1.07 bits per heavy atom. The number of ether oxygens (including phenoxy) is 2. The number of thiophene rings is 1. The van der Waals surface area contributed by atoms with Gasteiger partial charge in [-0.05, 0) is 50.2 Å². The highest BCUT2D eigenvalue weighted by atomic mass is 32.1. The largest absolute Gasteiger partial charge is 0.462 e. The summed E-state index contributed by atoms with van der Waals surface area (Å²) in [6, 6.07) is 9.62. The van der Waals surface area contributed by atoms with Crippen LogP contribution in [0.5, 0.6) is 0 Å². The van der Waals surface area contributed by atoms with E-state index in [-0.39, 0.29) is 19.6 Å². The second kappa shape index (κ2) is 10.2. The molecule has 1 N–H and O–H groups in total. The van der Waals surface area contributed by atoms with Gasteiger partial charge in [0.25, 0.3) is 5.91 Å². The number of carbonyl (C=O) groups is 3. The number of esters is 2. The Balaban J connectivity index is 1.56. The molecule has 154 valence electrons. The van der Waals surface area contributed by atoms with E-state index in [9.17, 15) is 14.4 Å². The smallest absolute Gasteiger partial charge is 0.341 e. The van der Waals surface area contributed by atoms with Crippen molar-refractivity contribution in [3.63, 3.8) is 0 Å². The van der Waals surface area contributed by atoms with Gasteiger partial charge < -0.3 is 14.8 Å². The van der Waals surface area contributed by atoms with Crippen molar-refractivity contribution in [1.29, 1.82) is 0 Å². The van der Waals surface area contributed by atoms with Crippen LogP contribution in [0.4, 0.5) is 5.00 Å². The summed E-state index contributed by atoms with van der Waals surface area (Å²) in [5.41, 5.74) is 2.47. The standard InChI is InChI=1S/C22H25NO5S/c1-2-27-22(26)20-16-10-6-7-11-17(16)29-21(20)23-18(24)14-28-19(25)13-12-15-8-4-3-5-9-15/h3-5,8-9H,2,6-7,10-14H2,1H3,(H,23,24). The number of nitrogens with one attached hydrogen (secondary N) is 1. The number of fused-ring (bicyclic) bond motifs is 1.